The van der Waals surface area contributed by atoms with Gasteiger partial charge in [-0.2, -0.15) is 0 Å². The van der Waals surface area contributed by atoms with Crippen LogP contribution in [0.3, 0.4) is 0 Å². The SMILES string of the molecule is CCOC(=O)CN(CC)Cc1c(Cl)cccc1Cl. The summed E-state index contributed by atoms with van der Waals surface area (Å²) in [5, 5.41) is 1.23. The van der Waals surface area contributed by atoms with E-state index in [0.29, 0.717) is 23.2 Å². The van der Waals surface area contributed by atoms with Crippen molar-refractivity contribution in [3.05, 3.63) is 33.8 Å². The summed E-state index contributed by atoms with van der Waals surface area (Å²) in [6.07, 6.45) is 0. The normalized spacial score (nSPS) is 10.7. The molecule has 0 aliphatic heterocycles. The molecule has 0 spiro atoms. The molecule has 0 saturated carbocycles. The van der Waals surface area contributed by atoms with E-state index >= 15 is 0 Å². The first-order chi connectivity index (χ1) is 8.58. The van der Waals surface area contributed by atoms with E-state index in [1.54, 1.807) is 25.1 Å². The predicted molar refractivity (Wildman–Crippen MR) is 74.0 cm³/mol. The van der Waals surface area contributed by atoms with Crippen LogP contribution in [0.25, 0.3) is 0 Å². The molecule has 0 amide bonds. The van der Waals surface area contributed by atoms with Crippen molar-refractivity contribution in [1.82, 2.24) is 4.90 Å². The molecule has 0 aromatic heterocycles. The first-order valence-electron chi connectivity index (χ1n) is 5.89. The van der Waals surface area contributed by atoms with Crippen molar-refractivity contribution in [3.63, 3.8) is 0 Å². The molecular formula is C13H17Cl2NO2. The summed E-state index contributed by atoms with van der Waals surface area (Å²) >= 11 is 12.2. The van der Waals surface area contributed by atoms with E-state index in [9.17, 15) is 4.79 Å². The highest BCUT2D eigenvalue weighted by Gasteiger charge is 2.13. The first kappa shape index (κ1) is 15.3. The Labute approximate surface area is 118 Å². The van der Waals surface area contributed by atoms with Crippen molar-refractivity contribution >= 4 is 29.2 Å². The summed E-state index contributed by atoms with van der Waals surface area (Å²) in [6.45, 7) is 5.66. The number of nitrogens with zero attached hydrogens (tertiary/aromatic N) is 1. The van der Waals surface area contributed by atoms with E-state index in [0.717, 1.165) is 12.1 Å². The largest absolute Gasteiger partial charge is 0.465 e. The van der Waals surface area contributed by atoms with Crippen LogP contribution in [0.15, 0.2) is 18.2 Å². The molecule has 0 heterocycles. The van der Waals surface area contributed by atoms with Crippen molar-refractivity contribution in [1.29, 1.82) is 0 Å². The minimum Gasteiger partial charge on any atom is -0.465 e. The summed E-state index contributed by atoms with van der Waals surface area (Å²) in [6, 6.07) is 5.39. The molecule has 0 N–H and O–H groups in total. The number of ether oxygens (including phenoxy) is 1. The van der Waals surface area contributed by atoms with E-state index in [1.165, 1.54) is 0 Å². The van der Waals surface area contributed by atoms with Crippen molar-refractivity contribution in [2.45, 2.75) is 20.4 Å². The standard InChI is InChI=1S/C13H17Cl2NO2/c1-3-16(9-13(17)18-4-2)8-10-11(14)6-5-7-12(10)15/h5-7H,3-4,8-9H2,1-2H3. The van der Waals surface area contributed by atoms with Crippen LogP contribution in [0, 0.1) is 0 Å². The molecule has 5 heteroatoms. The zero-order valence-corrected chi connectivity index (χ0v) is 12.1. The van der Waals surface area contributed by atoms with Crippen LogP contribution < -0.4 is 0 Å². The molecule has 100 valence electrons. The highest BCUT2D eigenvalue weighted by atomic mass is 35.5. The van der Waals surface area contributed by atoms with Crippen molar-refractivity contribution < 1.29 is 9.53 Å². The zero-order valence-electron chi connectivity index (χ0n) is 10.6. The third-order valence-corrected chi connectivity index (χ3v) is 3.26. The number of carbonyl (C=O) groups is 1. The molecule has 0 saturated heterocycles. The summed E-state index contributed by atoms with van der Waals surface area (Å²) in [7, 11) is 0. The fraction of sp³-hybridized carbons (Fsp3) is 0.462. The lowest BCUT2D eigenvalue weighted by molar-refractivity contribution is -0.144. The minimum absolute atomic E-state index is 0.234. The average Bonchev–Trinajstić information content (AvgIpc) is 2.33. The quantitative estimate of drug-likeness (QED) is 0.752. The molecule has 18 heavy (non-hydrogen) atoms. The van der Waals surface area contributed by atoms with Crippen LogP contribution in [-0.4, -0.2) is 30.6 Å². The van der Waals surface area contributed by atoms with Gasteiger partial charge in [0.15, 0.2) is 0 Å². The van der Waals surface area contributed by atoms with Crippen LogP contribution in [0.1, 0.15) is 19.4 Å². The molecule has 0 aliphatic rings. The smallest absolute Gasteiger partial charge is 0.320 e. The third kappa shape index (κ3) is 4.48. The van der Waals surface area contributed by atoms with E-state index in [-0.39, 0.29) is 12.5 Å². The van der Waals surface area contributed by atoms with Crippen molar-refractivity contribution in [2.24, 2.45) is 0 Å². The molecule has 1 rings (SSSR count). The number of carbonyl (C=O) groups excluding carboxylic acids is 1. The summed E-state index contributed by atoms with van der Waals surface area (Å²) < 4.78 is 4.93. The summed E-state index contributed by atoms with van der Waals surface area (Å²) in [5.41, 5.74) is 0.840. The fourth-order valence-corrected chi connectivity index (χ4v) is 2.09. The Bertz CT molecular complexity index is 390. The molecule has 3 nitrogen and oxygen atoms in total. The number of benzene rings is 1. The van der Waals surface area contributed by atoms with Gasteiger partial charge in [-0.3, -0.25) is 9.69 Å². The van der Waals surface area contributed by atoms with Gasteiger partial charge in [-0.15, -0.1) is 0 Å². The molecule has 0 fully saturated rings. The molecule has 0 bridgehead atoms. The fourth-order valence-electron chi connectivity index (χ4n) is 1.58. The molecule has 0 aliphatic carbocycles. The Kier molecular flexibility index (Phi) is 6.47. The monoisotopic (exact) mass is 289 g/mol. The number of rotatable bonds is 6. The second-order valence-electron chi connectivity index (χ2n) is 3.81. The van der Waals surface area contributed by atoms with E-state index in [2.05, 4.69) is 0 Å². The topological polar surface area (TPSA) is 29.5 Å². The van der Waals surface area contributed by atoms with Crippen LogP contribution in [0.4, 0.5) is 0 Å². The summed E-state index contributed by atoms with van der Waals surface area (Å²) in [4.78, 5) is 13.4. The molecule has 0 atom stereocenters. The number of esters is 1. The van der Waals surface area contributed by atoms with E-state index in [4.69, 9.17) is 27.9 Å². The lowest BCUT2D eigenvalue weighted by Gasteiger charge is -2.20. The van der Waals surface area contributed by atoms with Gasteiger partial charge in [0.1, 0.15) is 0 Å². The molecule has 1 aromatic rings. The maximum Gasteiger partial charge on any atom is 0.320 e. The predicted octanol–water partition coefficient (Wildman–Crippen LogP) is 3.38. The highest BCUT2D eigenvalue weighted by molar-refractivity contribution is 6.35. The minimum atomic E-state index is -0.234. The lowest BCUT2D eigenvalue weighted by Crippen LogP contribution is -2.30. The van der Waals surface area contributed by atoms with Crippen LogP contribution >= 0.6 is 23.2 Å². The molecule has 0 unspecified atom stereocenters. The van der Waals surface area contributed by atoms with Crippen LogP contribution in [0.5, 0.6) is 0 Å². The van der Waals surface area contributed by atoms with Gasteiger partial charge in [0.05, 0.1) is 13.2 Å². The maximum atomic E-state index is 11.4. The zero-order chi connectivity index (χ0) is 13.5. The molecule has 0 radical (unpaired) electrons. The van der Waals surface area contributed by atoms with Gasteiger partial charge in [-0.1, -0.05) is 36.2 Å². The Morgan fingerprint density at radius 2 is 1.89 bits per heavy atom. The van der Waals surface area contributed by atoms with Gasteiger partial charge >= 0.3 is 5.97 Å². The molecule has 1 aromatic carbocycles. The van der Waals surface area contributed by atoms with Gasteiger partial charge in [-0.05, 0) is 25.6 Å². The average molecular weight is 290 g/mol. The van der Waals surface area contributed by atoms with Crippen molar-refractivity contribution in [3.8, 4) is 0 Å². The van der Waals surface area contributed by atoms with Crippen molar-refractivity contribution in [2.75, 3.05) is 19.7 Å². The van der Waals surface area contributed by atoms with Gasteiger partial charge in [-0.25, -0.2) is 0 Å². The summed E-state index contributed by atoms with van der Waals surface area (Å²) in [5.74, 6) is -0.234. The van der Waals surface area contributed by atoms with Crippen LogP contribution in [-0.2, 0) is 16.1 Å². The van der Waals surface area contributed by atoms with E-state index < -0.39 is 0 Å². The van der Waals surface area contributed by atoms with Crippen LogP contribution in [0.2, 0.25) is 10.0 Å². The third-order valence-electron chi connectivity index (χ3n) is 2.55. The number of hydrogen-bond acceptors (Lipinski definition) is 3. The molecular weight excluding hydrogens is 273 g/mol. The van der Waals surface area contributed by atoms with Gasteiger partial charge < -0.3 is 4.74 Å². The van der Waals surface area contributed by atoms with Gasteiger partial charge in [0.2, 0.25) is 0 Å². The second kappa shape index (κ2) is 7.62. The number of likely N-dealkylation sites (N-methyl/N-ethyl adjacent to an activating group) is 1. The van der Waals surface area contributed by atoms with Gasteiger partial charge in [0.25, 0.3) is 0 Å². The Morgan fingerprint density at radius 1 is 1.28 bits per heavy atom. The second-order valence-corrected chi connectivity index (χ2v) is 4.62. The van der Waals surface area contributed by atoms with E-state index in [1.807, 2.05) is 11.8 Å². The number of hydrogen-bond donors (Lipinski definition) is 0. The first-order valence-corrected chi connectivity index (χ1v) is 6.64. The highest BCUT2D eigenvalue weighted by Crippen LogP contribution is 2.25. The number of halogens is 2. The lowest BCUT2D eigenvalue weighted by atomic mass is 10.2. The Morgan fingerprint density at radius 3 is 2.39 bits per heavy atom. The van der Waals surface area contributed by atoms with Gasteiger partial charge in [0, 0.05) is 22.2 Å². The maximum absolute atomic E-state index is 11.4. The Balaban J connectivity index is 2.71. The Hall–Kier alpha value is -0.770.